The molecular weight excluding hydrogens is 364 g/mol. The van der Waals surface area contributed by atoms with Crippen molar-refractivity contribution in [2.45, 2.75) is 40.0 Å². The number of hydrogen-bond donors (Lipinski definition) is 2. The number of anilines is 1. The van der Waals surface area contributed by atoms with E-state index < -0.39 is 12.0 Å². The topological polar surface area (TPSA) is 84.5 Å². The van der Waals surface area contributed by atoms with E-state index in [4.69, 9.17) is 4.74 Å². The maximum absolute atomic E-state index is 12.7. The molecule has 0 saturated carbocycles. The van der Waals surface area contributed by atoms with Gasteiger partial charge in [0.05, 0.1) is 12.2 Å². The van der Waals surface area contributed by atoms with Crippen molar-refractivity contribution in [1.82, 2.24) is 5.32 Å². The Morgan fingerprint density at radius 2 is 1.93 bits per heavy atom. The lowest BCUT2D eigenvalue weighted by atomic mass is 10.1. The van der Waals surface area contributed by atoms with Crippen LogP contribution in [0.5, 0.6) is 0 Å². The molecule has 27 heavy (non-hydrogen) atoms. The van der Waals surface area contributed by atoms with Gasteiger partial charge in [0.2, 0.25) is 0 Å². The van der Waals surface area contributed by atoms with Crippen LogP contribution in [-0.4, -0.2) is 24.5 Å². The minimum atomic E-state index is -0.785. The van der Waals surface area contributed by atoms with Crippen LogP contribution in [0.1, 0.15) is 55.6 Å². The first-order valence-electron chi connectivity index (χ1n) is 8.92. The first-order valence-corrected chi connectivity index (χ1v) is 9.73. The number of ether oxygens (including phenoxy) is 1. The van der Waals surface area contributed by atoms with E-state index in [1.165, 1.54) is 11.3 Å². The predicted molar refractivity (Wildman–Crippen MR) is 105 cm³/mol. The Morgan fingerprint density at radius 1 is 1.15 bits per heavy atom. The highest BCUT2D eigenvalue weighted by Gasteiger charge is 2.28. The summed E-state index contributed by atoms with van der Waals surface area (Å²) >= 11 is 1.40. The summed E-state index contributed by atoms with van der Waals surface area (Å²) in [6.07, 6.45) is 1.81. The highest BCUT2D eigenvalue weighted by molar-refractivity contribution is 7.17. The minimum absolute atomic E-state index is 0.178. The lowest BCUT2D eigenvalue weighted by molar-refractivity contribution is 0.0925. The molecule has 1 aliphatic carbocycles. The largest absolute Gasteiger partial charge is 0.450 e. The van der Waals surface area contributed by atoms with Crippen LogP contribution in [0.15, 0.2) is 18.2 Å². The van der Waals surface area contributed by atoms with Crippen LogP contribution < -0.4 is 10.6 Å². The van der Waals surface area contributed by atoms with Crippen molar-refractivity contribution >= 4 is 34.2 Å². The molecule has 0 unspecified atom stereocenters. The Kier molecular flexibility index (Phi) is 5.60. The summed E-state index contributed by atoms with van der Waals surface area (Å²) in [6.45, 7) is 5.69. The number of thiophene rings is 1. The number of rotatable bonds is 4. The highest BCUT2D eigenvalue weighted by Crippen LogP contribution is 2.39. The van der Waals surface area contributed by atoms with Crippen molar-refractivity contribution in [2.24, 2.45) is 0 Å². The number of alkyl carbamates (subject to hydrolysis) is 1. The predicted octanol–water partition coefficient (Wildman–Crippen LogP) is 3.99. The number of imide groups is 1. The lowest BCUT2D eigenvalue weighted by Crippen LogP contribution is -2.32. The van der Waals surface area contributed by atoms with Gasteiger partial charge in [0, 0.05) is 10.4 Å². The van der Waals surface area contributed by atoms with Gasteiger partial charge in [-0.2, -0.15) is 0 Å². The SMILES string of the molecule is CCOC(=O)NC(=O)c1c(NC(=O)c2ccc(C)cc2C)sc2c1CCC2. The van der Waals surface area contributed by atoms with Gasteiger partial charge in [-0.25, -0.2) is 4.79 Å². The fraction of sp³-hybridized carbons (Fsp3) is 0.350. The first-order chi connectivity index (χ1) is 12.9. The molecule has 6 nitrogen and oxygen atoms in total. The van der Waals surface area contributed by atoms with Crippen LogP contribution in [0, 0.1) is 13.8 Å². The van der Waals surface area contributed by atoms with Crippen LogP contribution in [0.3, 0.4) is 0 Å². The number of benzene rings is 1. The smallest absolute Gasteiger partial charge is 0.414 e. The molecule has 1 aromatic carbocycles. The molecule has 2 aromatic rings. The summed E-state index contributed by atoms with van der Waals surface area (Å²) in [7, 11) is 0. The zero-order valence-electron chi connectivity index (χ0n) is 15.6. The van der Waals surface area contributed by atoms with E-state index >= 15 is 0 Å². The molecule has 1 heterocycles. The summed E-state index contributed by atoms with van der Waals surface area (Å²) in [4.78, 5) is 38.1. The summed E-state index contributed by atoms with van der Waals surface area (Å²) in [5, 5.41) is 5.59. The van der Waals surface area contributed by atoms with Gasteiger partial charge in [-0.15, -0.1) is 11.3 Å². The quantitative estimate of drug-likeness (QED) is 0.832. The molecule has 0 fully saturated rings. The molecule has 0 atom stereocenters. The second-order valence-corrected chi connectivity index (χ2v) is 7.61. The Labute approximate surface area is 161 Å². The zero-order valence-corrected chi connectivity index (χ0v) is 16.4. The Morgan fingerprint density at radius 3 is 2.63 bits per heavy atom. The molecule has 3 amide bonds. The summed E-state index contributed by atoms with van der Waals surface area (Å²) in [5.74, 6) is -0.804. The number of carbonyl (C=O) groups is 3. The Bertz CT molecular complexity index is 917. The van der Waals surface area contributed by atoms with Gasteiger partial charge in [-0.05, 0) is 57.2 Å². The second-order valence-electron chi connectivity index (χ2n) is 6.51. The molecule has 0 spiro atoms. The van der Waals surface area contributed by atoms with Crippen molar-refractivity contribution in [1.29, 1.82) is 0 Å². The van der Waals surface area contributed by atoms with E-state index in [9.17, 15) is 14.4 Å². The van der Waals surface area contributed by atoms with Gasteiger partial charge in [0.1, 0.15) is 5.00 Å². The molecule has 1 aliphatic rings. The number of nitrogens with one attached hydrogen (secondary N) is 2. The van der Waals surface area contributed by atoms with E-state index in [0.717, 1.165) is 40.8 Å². The van der Waals surface area contributed by atoms with Crippen LogP contribution in [0.4, 0.5) is 9.80 Å². The molecule has 142 valence electrons. The first kappa shape index (κ1) is 19.1. The van der Waals surface area contributed by atoms with E-state index in [2.05, 4.69) is 10.6 Å². The lowest BCUT2D eigenvalue weighted by Gasteiger charge is -2.10. The van der Waals surface area contributed by atoms with Gasteiger partial charge in [0.15, 0.2) is 0 Å². The van der Waals surface area contributed by atoms with Gasteiger partial charge in [0.25, 0.3) is 11.8 Å². The van der Waals surface area contributed by atoms with Gasteiger partial charge < -0.3 is 10.1 Å². The molecular formula is C20H22N2O4S. The maximum atomic E-state index is 12.7. The fourth-order valence-electron chi connectivity index (χ4n) is 3.29. The highest BCUT2D eigenvalue weighted by atomic mass is 32.1. The Hall–Kier alpha value is -2.67. The summed E-state index contributed by atoms with van der Waals surface area (Å²) < 4.78 is 4.79. The third-order valence-electron chi connectivity index (χ3n) is 4.49. The van der Waals surface area contributed by atoms with E-state index in [0.29, 0.717) is 16.1 Å². The fourth-order valence-corrected chi connectivity index (χ4v) is 4.58. The molecule has 0 radical (unpaired) electrons. The third-order valence-corrected chi connectivity index (χ3v) is 5.70. The van der Waals surface area contributed by atoms with Crippen molar-refractivity contribution < 1.29 is 19.1 Å². The van der Waals surface area contributed by atoms with Crippen molar-refractivity contribution in [3.05, 3.63) is 50.9 Å². The summed E-state index contributed by atoms with van der Waals surface area (Å²) in [5.41, 5.74) is 3.80. The van der Waals surface area contributed by atoms with Gasteiger partial charge in [-0.1, -0.05) is 17.7 Å². The normalized spacial score (nSPS) is 12.4. The Balaban J connectivity index is 1.88. The molecule has 0 aliphatic heterocycles. The third kappa shape index (κ3) is 4.03. The maximum Gasteiger partial charge on any atom is 0.414 e. The molecule has 0 bridgehead atoms. The average Bonchev–Trinajstić information content (AvgIpc) is 3.15. The molecule has 7 heteroatoms. The van der Waals surface area contributed by atoms with Crippen molar-refractivity contribution in [3.63, 3.8) is 0 Å². The molecule has 0 saturated heterocycles. The van der Waals surface area contributed by atoms with Crippen LogP contribution in [0.25, 0.3) is 0 Å². The van der Waals surface area contributed by atoms with Crippen LogP contribution in [-0.2, 0) is 17.6 Å². The summed E-state index contributed by atoms with van der Waals surface area (Å²) in [6, 6.07) is 5.60. The monoisotopic (exact) mass is 386 g/mol. The average molecular weight is 386 g/mol. The number of amides is 3. The van der Waals surface area contributed by atoms with Crippen molar-refractivity contribution in [3.8, 4) is 0 Å². The standard InChI is InChI=1S/C20H22N2O4S/c1-4-26-20(25)22-18(24)16-14-6-5-7-15(14)27-19(16)21-17(23)13-9-8-11(2)10-12(13)3/h8-10H,4-7H2,1-3H3,(H,21,23)(H,22,24,25). The van der Waals surface area contributed by atoms with Gasteiger partial charge >= 0.3 is 6.09 Å². The number of carbonyl (C=O) groups excluding carboxylic acids is 3. The molecule has 2 N–H and O–H groups in total. The van der Waals surface area contributed by atoms with E-state index in [1.807, 2.05) is 26.0 Å². The number of hydrogen-bond acceptors (Lipinski definition) is 5. The van der Waals surface area contributed by atoms with Crippen LogP contribution in [0.2, 0.25) is 0 Å². The van der Waals surface area contributed by atoms with E-state index in [-0.39, 0.29) is 12.5 Å². The second kappa shape index (κ2) is 7.92. The van der Waals surface area contributed by atoms with Crippen molar-refractivity contribution in [2.75, 3.05) is 11.9 Å². The number of fused-ring (bicyclic) bond motifs is 1. The van der Waals surface area contributed by atoms with Crippen LogP contribution >= 0.6 is 11.3 Å². The zero-order chi connectivity index (χ0) is 19.6. The number of aryl methyl sites for hydroxylation is 3. The minimum Gasteiger partial charge on any atom is -0.450 e. The van der Waals surface area contributed by atoms with E-state index in [1.54, 1.807) is 13.0 Å². The molecule has 1 aromatic heterocycles. The molecule has 3 rings (SSSR count). The van der Waals surface area contributed by atoms with Gasteiger partial charge in [-0.3, -0.25) is 14.9 Å².